The van der Waals surface area contributed by atoms with Crippen molar-refractivity contribution >= 4 is 21.8 Å². The van der Waals surface area contributed by atoms with Crippen LogP contribution < -0.4 is 0 Å². The third-order valence-corrected chi connectivity index (χ3v) is 11.8. The average Bonchev–Trinajstić information content (AvgIpc) is 3.64. The van der Waals surface area contributed by atoms with Crippen LogP contribution in [0.15, 0.2) is 212 Å². The molecule has 57 heavy (non-hydrogen) atoms. The molecule has 0 unspecified atom stereocenters. The fourth-order valence-electron chi connectivity index (χ4n) is 9.06. The molecule has 0 saturated heterocycles. The van der Waals surface area contributed by atoms with Gasteiger partial charge in [-0.1, -0.05) is 152 Å². The van der Waals surface area contributed by atoms with Crippen LogP contribution in [0.4, 0.5) is 0 Å². The van der Waals surface area contributed by atoms with E-state index in [4.69, 9.17) is 0 Å². The molecule has 1 heteroatoms. The molecule has 1 aliphatic carbocycles. The summed E-state index contributed by atoms with van der Waals surface area (Å²) < 4.78 is 2.52. The van der Waals surface area contributed by atoms with E-state index in [0.29, 0.717) is 0 Å². The van der Waals surface area contributed by atoms with E-state index in [1.165, 1.54) is 105 Å². The Morgan fingerprint density at radius 2 is 0.509 bits per heavy atom. The van der Waals surface area contributed by atoms with E-state index in [2.05, 4.69) is 217 Å². The van der Waals surface area contributed by atoms with Crippen LogP contribution in [0, 0.1) is 0 Å². The molecule has 0 aliphatic heterocycles. The lowest BCUT2D eigenvalue weighted by molar-refractivity contribution is 0.970. The highest BCUT2D eigenvalue weighted by molar-refractivity contribution is 6.15. The van der Waals surface area contributed by atoms with Crippen molar-refractivity contribution in [2.24, 2.45) is 0 Å². The van der Waals surface area contributed by atoms with Gasteiger partial charge in [-0.2, -0.15) is 0 Å². The molecule has 11 rings (SSSR count). The van der Waals surface area contributed by atoms with Crippen LogP contribution in [-0.2, 0) is 12.8 Å². The minimum absolute atomic E-state index is 0.998. The van der Waals surface area contributed by atoms with E-state index in [0.717, 1.165) is 12.8 Å². The molecule has 0 saturated carbocycles. The summed E-state index contributed by atoms with van der Waals surface area (Å²) in [6.45, 7) is 0. The van der Waals surface area contributed by atoms with Crippen molar-refractivity contribution in [3.8, 4) is 72.4 Å². The fraction of sp³-hybridized carbons (Fsp3) is 0.0357. The maximum Gasteiger partial charge on any atom is 0.0550 e. The molecular formula is C56H39N. The van der Waals surface area contributed by atoms with Gasteiger partial charge in [0.25, 0.3) is 0 Å². The number of benzene rings is 9. The van der Waals surface area contributed by atoms with Crippen LogP contribution in [0.1, 0.15) is 11.1 Å². The molecule has 1 aliphatic rings. The highest BCUT2D eigenvalue weighted by atomic mass is 15.0. The van der Waals surface area contributed by atoms with Crippen LogP contribution in [0.25, 0.3) is 94.3 Å². The number of hydrogen-bond acceptors (Lipinski definition) is 0. The van der Waals surface area contributed by atoms with Gasteiger partial charge in [-0.05, 0) is 151 Å². The Balaban J connectivity index is 1.16. The first-order valence-corrected chi connectivity index (χ1v) is 20.0. The zero-order valence-corrected chi connectivity index (χ0v) is 31.6. The number of nitrogens with zero attached hydrogens (tertiary/aromatic N) is 1. The molecule has 0 bridgehead atoms. The van der Waals surface area contributed by atoms with E-state index < -0.39 is 0 Å². The predicted molar refractivity (Wildman–Crippen MR) is 241 cm³/mol. The standard InChI is InChI=1S/C56H39N/c1-6-16-38(17-7-1)44-30-45(39-18-8-2-9-19-39)33-48(32-44)50-28-42-26-27-43-29-51(37-54-56(43)55(42)53(36-50)57(54)52-24-14-5-15-25-52)49-34-46(40-20-10-3-11-21-40)31-47(35-49)41-22-12-4-13-23-41/h1-25,28-37H,26-27H2. The Morgan fingerprint density at radius 3 is 0.825 bits per heavy atom. The molecule has 9 aromatic carbocycles. The van der Waals surface area contributed by atoms with Crippen molar-refractivity contribution in [2.75, 3.05) is 0 Å². The Kier molecular flexibility index (Phi) is 8.03. The first-order valence-electron chi connectivity index (χ1n) is 20.0. The van der Waals surface area contributed by atoms with Gasteiger partial charge in [0.05, 0.1) is 11.0 Å². The van der Waals surface area contributed by atoms with Crippen LogP contribution in [0.5, 0.6) is 0 Å². The molecule has 0 N–H and O–H groups in total. The fourth-order valence-corrected chi connectivity index (χ4v) is 9.06. The molecule has 1 aromatic heterocycles. The van der Waals surface area contributed by atoms with Gasteiger partial charge >= 0.3 is 0 Å². The van der Waals surface area contributed by atoms with Crippen molar-refractivity contribution in [1.29, 1.82) is 0 Å². The Morgan fingerprint density at radius 1 is 0.246 bits per heavy atom. The second-order valence-corrected chi connectivity index (χ2v) is 15.3. The summed E-state index contributed by atoms with van der Waals surface area (Å²) >= 11 is 0. The normalized spacial score (nSPS) is 12.1. The lowest BCUT2D eigenvalue weighted by Gasteiger charge is -2.17. The number of hydrogen-bond donors (Lipinski definition) is 0. The molecule has 10 aromatic rings. The van der Waals surface area contributed by atoms with Crippen LogP contribution >= 0.6 is 0 Å². The second-order valence-electron chi connectivity index (χ2n) is 15.3. The summed E-state index contributed by atoms with van der Waals surface area (Å²) in [5.74, 6) is 0. The zero-order chi connectivity index (χ0) is 37.7. The molecule has 0 radical (unpaired) electrons. The minimum Gasteiger partial charge on any atom is -0.309 e. The number of aromatic nitrogens is 1. The molecule has 0 amide bonds. The van der Waals surface area contributed by atoms with E-state index in [9.17, 15) is 0 Å². The van der Waals surface area contributed by atoms with Gasteiger partial charge < -0.3 is 4.57 Å². The molecule has 0 spiro atoms. The summed E-state index contributed by atoms with van der Waals surface area (Å²) in [7, 11) is 0. The molecule has 1 nitrogen and oxygen atoms in total. The third kappa shape index (κ3) is 5.96. The third-order valence-electron chi connectivity index (χ3n) is 11.8. The van der Waals surface area contributed by atoms with Gasteiger partial charge in [0.15, 0.2) is 0 Å². The number of aryl methyl sites for hydroxylation is 2. The van der Waals surface area contributed by atoms with Crippen LogP contribution in [0.3, 0.4) is 0 Å². The quantitative estimate of drug-likeness (QED) is 0.154. The lowest BCUT2D eigenvalue weighted by atomic mass is 9.86. The van der Waals surface area contributed by atoms with E-state index >= 15 is 0 Å². The summed E-state index contributed by atoms with van der Waals surface area (Å²) in [5.41, 5.74) is 21.3. The van der Waals surface area contributed by atoms with Gasteiger partial charge in [-0.25, -0.2) is 0 Å². The molecule has 1 heterocycles. The summed E-state index contributed by atoms with van der Waals surface area (Å²) in [4.78, 5) is 0. The van der Waals surface area contributed by atoms with Crippen molar-refractivity contribution < 1.29 is 0 Å². The monoisotopic (exact) mass is 725 g/mol. The molecule has 268 valence electrons. The Bertz CT molecular complexity index is 2760. The summed E-state index contributed by atoms with van der Waals surface area (Å²) in [6, 6.07) is 78.1. The summed E-state index contributed by atoms with van der Waals surface area (Å²) in [6.07, 6.45) is 2.00. The molecule has 0 fully saturated rings. The van der Waals surface area contributed by atoms with E-state index in [1.54, 1.807) is 0 Å². The number of para-hydroxylation sites is 1. The maximum absolute atomic E-state index is 2.52. The van der Waals surface area contributed by atoms with E-state index in [-0.39, 0.29) is 0 Å². The van der Waals surface area contributed by atoms with Crippen LogP contribution in [-0.4, -0.2) is 4.57 Å². The largest absolute Gasteiger partial charge is 0.309 e. The predicted octanol–water partition coefficient (Wildman–Crippen LogP) is 14.9. The smallest absolute Gasteiger partial charge is 0.0550 e. The minimum atomic E-state index is 0.998. The lowest BCUT2D eigenvalue weighted by Crippen LogP contribution is -2.00. The number of rotatable bonds is 7. The first-order chi connectivity index (χ1) is 28.2. The van der Waals surface area contributed by atoms with E-state index in [1.807, 2.05) is 0 Å². The molecular weight excluding hydrogens is 687 g/mol. The molecule has 0 atom stereocenters. The Hall–Kier alpha value is -7.22. The highest BCUT2D eigenvalue weighted by Gasteiger charge is 2.24. The van der Waals surface area contributed by atoms with Gasteiger partial charge in [0.2, 0.25) is 0 Å². The Labute approximate surface area is 333 Å². The average molecular weight is 726 g/mol. The van der Waals surface area contributed by atoms with Crippen molar-refractivity contribution in [2.45, 2.75) is 12.8 Å². The topological polar surface area (TPSA) is 4.93 Å². The van der Waals surface area contributed by atoms with Gasteiger partial charge in [-0.15, -0.1) is 0 Å². The maximum atomic E-state index is 2.52. The SMILES string of the molecule is c1ccc(-c2cc(-c3ccccc3)cc(-c3cc4c5c6c(cc(-c7cc(-c8ccccc8)cc(-c8ccccc8)c7)cc6n(-c6ccccc6)c5c3)CC4)c2)cc1. The summed E-state index contributed by atoms with van der Waals surface area (Å²) in [5, 5.41) is 2.77. The van der Waals surface area contributed by atoms with Gasteiger partial charge in [-0.3, -0.25) is 0 Å². The van der Waals surface area contributed by atoms with Crippen molar-refractivity contribution in [1.82, 2.24) is 4.57 Å². The van der Waals surface area contributed by atoms with Crippen molar-refractivity contribution in [3.05, 3.63) is 223 Å². The zero-order valence-electron chi connectivity index (χ0n) is 31.6. The van der Waals surface area contributed by atoms with Gasteiger partial charge in [0, 0.05) is 16.5 Å². The highest BCUT2D eigenvalue weighted by Crippen LogP contribution is 2.45. The second kappa shape index (κ2) is 13.8. The van der Waals surface area contributed by atoms with Gasteiger partial charge in [0.1, 0.15) is 0 Å². The first kappa shape index (κ1) is 33.1. The van der Waals surface area contributed by atoms with Crippen molar-refractivity contribution in [3.63, 3.8) is 0 Å². The van der Waals surface area contributed by atoms with Crippen LogP contribution in [0.2, 0.25) is 0 Å².